The number of hydrogen-bond donors (Lipinski definition) is 3. The van der Waals surface area contributed by atoms with E-state index in [0.29, 0.717) is 0 Å². The molecule has 0 saturated carbocycles. The largest absolute Gasteiger partial charge is 0.435 e. The van der Waals surface area contributed by atoms with Crippen LogP contribution in [0.4, 0.5) is 0 Å². The molecule has 2 heterocycles. The molecule has 0 aromatic heterocycles. The smallest absolute Gasteiger partial charge is 0.344 e. The van der Waals surface area contributed by atoms with Crippen LogP contribution in [0.1, 0.15) is 19.8 Å². The summed E-state index contributed by atoms with van der Waals surface area (Å²) in [6.07, 6.45) is -4.88. The van der Waals surface area contributed by atoms with Gasteiger partial charge in [0.2, 0.25) is 26.0 Å². The molecule has 178 valence electrons. The molecule has 2 rings (SSSR count). The lowest BCUT2D eigenvalue weighted by molar-refractivity contribution is -0.368. The number of fused-ring (bicyclic) bond motifs is 7. The van der Waals surface area contributed by atoms with Gasteiger partial charge in [-0.25, -0.2) is 24.3 Å². The van der Waals surface area contributed by atoms with Gasteiger partial charge in [-0.05, 0) is 6.42 Å². The number of cyclic esters (lactones) is 2. The molecule has 2 aliphatic heterocycles. The van der Waals surface area contributed by atoms with E-state index in [0.717, 1.165) is 0 Å². The number of aliphatic hydroxyl groups is 3. The Balaban J connectivity index is 2.30. The van der Waals surface area contributed by atoms with Gasteiger partial charge in [-0.15, -0.1) is 0 Å². The molecular formula is C16H24O15. The number of ether oxygens (including phenoxy) is 3. The highest BCUT2D eigenvalue weighted by molar-refractivity contribution is 5.92. The van der Waals surface area contributed by atoms with Crippen molar-refractivity contribution in [3.8, 4) is 0 Å². The summed E-state index contributed by atoms with van der Waals surface area (Å²) in [4.78, 5) is 64.8. The number of esters is 3. The van der Waals surface area contributed by atoms with Crippen LogP contribution in [0.5, 0.6) is 0 Å². The molecule has 4 unspecified atom stereocenters. The molecule has 15 heteroatoms. The van der Waals surface area contributed by atoms with Crippen molar-refractivity contribution in [3.63, 3.8) is 0 Å². The Hall–Kier alpha value is -1.95. The van der Waals surface area contributed by atoms with E-state index in [1.54, 1.807) is 6.92 Å². The molecule has 0 aromatic rings. The Kier molecular flexibility index (Phi) is 9.48. The topological polar surface area (TPSA) is 195 Å². The maximum Gasteiger partial charge on any atom is 0.344 e. The average molecular weight is 456 g/mol. The number of carbonyl (C=O) groups excluding carboxylic acids is 3. The average Bonchev–Trinajstić information content (AvgIpc) is 2.73. The van der Waals surface area contributed by atoms with Gasteiger partial charge in [-0.2, -0.15) is 14.7 Å². The van der Waals surface area contributed by atoms with E-state index >= 15 is 0 Å². The zero-order valence-corrected chi connectivity index (χ0v) is 16.6. The maximum absolute atomic E-state index is 12.3. The highest BCUT2D eigenvalue weighted by Crippen LogP contribution is 2.28. The van der Waals surface area contributed by atoms with Gasteiger partial charge in [-0.1, -0.05) is 6.92 Å². The van der Waals surface area contributed by atoms with Crippen LogP contribution < -0.4 is 0 Å². The predicted molar refractivity (Wildman–Crippen MR) is 88.3 cm³/mol. The number of rotatable bonds is 0. The van der Waals surface area contributed by atoms with Gasteiger partial charge in [0.1, 0.15) is 6.61 Å². The van der Waals surface area contributed by atoms with Gasteiger partial charge in [-0.3, -0.25) is 4.79 Å². The van der Waals surface area contributed by atoms with Crippen LogP contribution in [0.25, 0.3) is 0 Å². The Morgan fingerprint density at radius 3 is 2.29 bits per heavy atom. The molecule has 2 fully saturated rings. The van der Waals surface area contributed by atoms with Crippen LogP contribution >= 0.6 is 0 Å². The lowest BCUT2D eigenvalue weighted by Crippen LogP contribution is -2.56. The van der Waals surface area contributed by atoms with E-state index < -0.39 is 74.5 Å². The fourth-order valence-electron chi connectivity index (χ4n) is 2.46. The SMILES string of the molecule is CC12CCOOCOC(=O)CC(O)(C(=O)OCOOC1)C(O)C(=O)OCOOCC2O. The summed E-state index contributed by atoms with van der Waals surface area (Å²) in [6, 6.07) is 0. The Labute approximate surface area is 175 Å². The lowest BCUT2D eigenvalue weighted by atomic mass is 9.82. The molecule has 2 bridgehead atoms. The minimum absolute atomic E-state index is 0.0788. The number of aliphatic hydroxyl groups excluding tert-OH is 2. The zero-order chi connectivity index (χ0) is 22.9. The van der Waals surface area contributed by atoms with E-state index in [4.69, 9.17) is 19.6 Å². The molecular weight excluding hydrogens is 432 g/mol. The molecule has 0 aliphatic carbocycles. The first-order valence-corrected chi connectivity index (χ1v) is 9.00. The van der Waals surface area contributed by atoms with Crippen LogP contribution in [0.2, 0.25) is 0 Å². The summed E-state index contributed by atoms with van der Waals surface area (Å²) in [5, 5.41) is 31.1. The summed E-state index contributed by atoms with van der Waals surface area (Å²) < 4.78 is 13.8. The molecule has 2 saturated heterocycles. The standard InChI is InChI=1S/C16H24O15/c1-15-2-3-26-29-7-23-11(18)4-16(22,14(21)25-9-31-28-6-15)12(19)13(20)24-8-30-27-5-10(15)17/h10,12,17,19,22H,2-9H2,1H3. The summed E-state index contributed by atoms with van der Waals surface area (Å²) in [6.45, 7) is -1.62. The van der Waals surface area contributed by atoms with E-state index in [-0.39, 0.29) is 19.6 Å². The van der Waals surface area contributed by atoms with Crippen LogP contribution in [0.3, 0.4) is 0 Å². The first kappa shape index (κ1) is 25.3. The number of carbonyl (C=O) groups is 3. The van der Waals surface area contributed by atoms with Crippen molar-refractivity contribution in [2.75, 3.05) is 40.2 Å². The normalized spacial score (nSPS) is 35.8. The molecule has 2 aliphatic rings. The third-order valence-electron chi connectivity index (χ3n) is 4.62. The van der Waals surface area contributed by atoms with Crippen LogP contribution in [-0.4, -0.2) is 91.2 Å². The van der Waals surface area contributed by atoms with E-state index in [9.17, 15) is 29.7 Å². The molecule has 4 atom stereocenters. The van der Waals surface area contributed by atoms with E-state index in [1.165, 1.54) is 0 Å². The fraction of sp³-hybridized carbons (Fsp3) is 0.812. The first-order chi connectivity index (χ1) is 14.7. The van der Waals surface area contributed by atoms with Crippen molar-refractivity contribution in [2.45, 2.75) is 37.6 Å². The molecule has 0 spiro atoms. The summed E-state index contributed by atoms with van der Waals surface area (Å²) >= 11 is 0. The second-order valence-corrected chi connectivity index (χ2v) is 6.91. The van der Waals surface area contributed by atoms with E-state index in [2.05, 4.69) is 24.0 Å². The second-order valence-electron chi connectivity index (χ2n) is 6.91. The van der Waals surface area contributed by atoms with Gasteiger partial charge < -0.3 is 29.5 Å². The van der Waals surface area contributed by atoms with Crippen molar-refractivity contribution in [1.82, 2.24) is 0 Å². The third-order valence-corrected chi connectivity index (χ3v) is 4.62. The van der Waals surface area contributed by atoms with Gasteiger partial charge >= 0.3 is 17.9 Å². The predicted octanol–water partition coefficient (Wildman–Crippen LogP) is -2.40. The zero-order valence-electron chi connectivity index (χ0n) is 16.6. The summed E-state index contributed by atoms with van der Waals surface area (Å²) in [5.74, 6) is -4.42. The lowest BCUT2D eigenvalue weighted by Gasteiger charge is -2.33. The maximum atomic E-state index is 12.3. The fourth-order valence-corrected chi connectivity index (χ4v) is 2.46. The first-order valence-electron chi connectivity index (χ1n) is 9.00. The van der Waals surface area contributed by atoms with E-state index in [1.807, 2.05) is 0 Å². The van der Waals surface area contributed by atoms with Gasteiger partial charge in [0.15, 0.2) is 6.10 Å². The molecule has 0 radical (unpaired) electrons. The number of hydrogen-bond acceptors (Lipinski definition) is 15. The van der Waals surface area contributed by atoms with Crippen molar-refractivity contribution in [3.05, 3.63) is 0 Å². The second kappa shape index (κ2) is 11.6. The monoisotopic (exact) mass is 456 g/mol. The van der Waals surface area contributed by atoms with Crippen molar-refractivity contribution in [1.29, 1.82) is 0 Å². The van der Waals surface area contributed by atoms with Gasteiger partial charge in [0.05, 0.1) is 25.7 Å². The van der Waals surface area contributed by atoms with Crippen LogP contribution in [-0.2, 0) is 57.9 Å². The van der Waals surface area contributed by atoms with Crippen LogP contribution in [0.15, 0.2) is 0 Å². The Bertz CT molecular complexity index is 626. The summed E-state index contributed by atoms with van der Waals surface area (Å²) in [7, 11) is 0. The van der Waals surface area contributed by atoms with Gasteiger partial charge in [0.25, 0.3) is 0 Å². The molecule has 15 nitrogen and oxygen atoms in total. The van der Waals surface area contributed by atoms with Crippen molar-refractivity contribution >= 4 is 17.9 Å². The van der Waals surface area contributed by atoms with Crippen molar-refractivity contribution < 1.29 is 73.2 Å². The van der Waals surface area contributed by atoms with Gasteiger partial charge in [0, 0.05) is 5.41 Å². The minimum atomic E-state index is -3.11. The third kappa shape index (κ3) is 7.03. The van der Waals surface area contributed by atoms with Crippen LogP contribution in [0, 0.1) is 5.41 Å². The molecule has 0 amide bonds. The Morgan fingerprint density at radius 1 is 0.871 bits per heavy atom. The molecule has 3 N–H and O–H groups in total. The van der Waals surface area contributed by atoms with Crippen molar-refractivity contribution in [2.24, 2.45) is 5.41 Å². The highest BCUT2D eigenvalue weighted by Gasteiger charge is 2.52. The molecule has 0 aromatic carbocycles. The minimum Gasteiger partial charge on any atom is -0.435 e. The molecule has 31 heavy (non-hydrogen) atoms. The Morgan fingerprint density at radius 2 is 1.52 bits per heavy atom. The summed E-state index contributed by atoms with van der Waals surface area (Å²) in [5.41, 5.74) is -4.17. The quantitative estimate of drug-likeness (QED) is 0.198. The highest BCUT2D eigenvalue weighted by atomic mass is 17.2.